The number of carbonyl (C=O) groups is 2. The Kier molecular flexibility index (Phi) is 6.10. The standard InChI is InChI=1S/C23H23NO6S2/c1-27-19-10-14(23-31-8-9-32-23)2-4-18(19)30-22(26)15-11-21(25)24(13-15)16-3-5-17-20(12-16)29-7-6-28-17/h2-5,10,12,15,23H,6-9,11,13H2,1H3/t15-/m0/s1. The number of nitrogens with zero attached hydrogens (tertiary/aromatic N) is 1. The lowest BCUT2D eigenvalue weighted by atomic mass is 10.1. The summed E-state index contributed by atoms with van der Waals surface area (Å²) in [4.78, 5) is 27.1. The van der Waals surface area contributed by atoms with Gasteiger partial charge in [-0.2, -0.15) is 0 Å². The van der Waals surface area contributed by atoms with Gasteiger partial charge >= 0.3 is 5.97 Å². The van der Waals surface area contributed by atoms with Crippen molar-refractivity contribution in [1.82, 2.24) is 0 Å². The molecule has 0 radical (unpaired) electrons. The number of hydrogen-bond acceptors (Lipinski definition) is 8. The highest BCUT2D eigenvalue weighted by molar-refractivity contribution is 8.19. The summed E-state index contributed by atoms with van der Waals surface area (Å²) in [6, 6.07) is 11.1. The molecule has 0 N–H and O–H groups in total. The lowest BCUT2D eigenvalue weighted by Gasteiger charge is -2.22. The van der Waals surface area contributed by atoms with E-state index in [1.54, 1.807) is 36.3 Å². The first-order chi connectivity index (χ1) is 15.6. The van der Waals surface area contributed by atoms with Crippen LogP contribution in [0.4, 0.5) is 5.69 Å². The molecule has 2 fully saturated rings. The second-order valence-corrected chi connectivity index (χ2v) is 10.4. The van der Waals surface area contributed by atoms with Crippen molar-refractivity contribution in [3.8, 4) is 23.0 Å². The number of ether oxygens (including phenoxy) is 4. The summed E-state index contributed by atoms with van der Waals surface area (Å²) in [5.41, 5.74) is 1.83. The highest BCUT2D eigenvalue weighted by Crippen LogP contribution is 2.47. The molecule has 1 amide bonds. The molecule has 168 valence electrons. The predicted octanol–water partition coefficient (Wildman–Crippen LogP) is 3.90. The summed E-state index contributed by atoms with van der Waals surface area (Å²) >= 11 is 3.80. The van der Waals surface area contributed by atoms with Crippen molar-refractivity contribution in [2.75, 3.05) is 43.3 Å². The summed E-state index contributed by atoms with van der Waals surface area (Å²) in [5, 5.41) is 0. The van der Waals surface area contributed by atoms with Crippen LogP contribution in [-0.2, 0) is 9.59 Å². The number of anilines is 1. The maximum atomic E-state index is 12.9. The van der Waals surface area contributed by atoms with E-state index in [2.05, 4.69) is 0 Å². The average molecular weight is 474 g/mol. The number of amides is 1. The third-order valence-corrected chi connectivity index (χ3v) is 8.69. The molecule has 2 aromatic rings. The Labute approximate surface area is 194 Å². The Morgan fingerprint density at radius 1 is 1.03 bits per heavy atom. The molecular formula is C23H23NO6S2. The van der Waals surface area contributed by atoms with Crippen molar-refractivity contribution in [2.45, 2.75) is 11.0 Å². The number of benzene rings is 2. The van der Waals surface area contributed by atoms with Gasteiger partial charge in [-0.15, -0.1) is 23.5 Å². The fourth-order valence-corrected chi connectivity index (χ4v) is 6.81. The van der Waals surface area contributed by atoms with Gasteiger partial charge in [-0.1, -0.05) is 6.07 Å². The third-order valence-electron chi connectivity index (χ3n) is 5.59. The molecular weight excluding hydrogens is 450 g/mol. The van der Waals surface area contributed by atoms with Crippen molar-refractivity contribution in [3.05, 3.63) is 42.0 Å². The molecule has 32 heavy (non-hydrogen) atoms. The Balaban J connectivity index is 1.28. The van der Waals surface area contributed by atoms with Gasteiger partial charge in [-0.25, -0.2) is 0 Å². The fourth-order valence-electron chi connectivity index (χ4n) is 3.97. The molecule has 3 aliphatic rings. The number of methoxy groups -OCH3 is 1. The van der Waals surface area contributed by atoms with Gasteiger partial charge < -0.3 is 23.8 Å². The molecule has 0 unspecified atom stereocenters. The monoisotopic (exact) mass is 473 g/mol. The van der Waals surface area contributed by atoms with E-state index in [1.165, 1.54) is 0 Å². The third kappa shape index (κ3) is 4.23. The van der Waals surface area contributed by atoms with Gasteiger partial charge in [0.2, 0.25) is 5.91 Å². The average Bonchev–Trinajstić information content (AvgIpc) is 3.49. The molecule has 5 rings (SSSR count). The Morgan fingerprint density at radius 3 is 2.59 bits per heavy atom. The van der Waals surface area contributed by atoms with E-state index in [4.69, 9.17) is 18.9 Å². The summed E-state index contributed by atoms with van der Waals surface area (Å²) in [6.45, 7) is 1.23. The van der Waals surface area contributed by atoms with E-state index >= 15 is 0 Å². The number of carbonyl (C=O) groups excluding carboxylic acids is 2. The second-order valence-electron chi connectivity index (χ2n) is 7.64. The van der Waals surface area contributed by atoms with Gasteiger partial charge in [0, 0.05) is 36.2 Å². The van der Waals surface area contributed by atoms with Crippen molar-refractivity contribution in [3.63, 3.8) is 0 Å². The Bertz CT molecular complexity index is 1040. The minimum atomic E-state index is -0.555. The van der Waals surface area contributed by atoms with E-state index in [0.29, 0.717) is 46.5 Å². The first-order valence-electron chi connectivity index (χ1n) is 10.5. The molecule has 0 spiro atoms. The van der Waals surface area contributed by atoms with Crippen LogP contribution in [0.1, 0.15) is 16.6 Å². The highest BCUT2D eigenvalue weighted by atomic mass is 32.2. The normalized spacial score (nSPS) is 20.5. The molecule has 2 aromatic carbocycles. The summed E-state index contributed by atoms with van der Waals surface area (Å²) in [5.74, 6) is 3.31. The Hall–Kier alpha value is -2.52. The first-order valence-corrected chi connectivity index (χ1v) is 12.5. The van der Waals surface area contributed by atoms with Gasteiger partial charge in [0.15, 0.2) is 23.0 Å². The SMILES string of the molecule is COc1cc(C2SCCS2)ccc1OC(=O)[C@H]1CC(=O)N(c2ccc3c(c2)OCCO3)C1. The molecule has 7 nitrogen and oxygen atoms in total. The maximum absolute atomic E-state index is 12.9. The van der Waals surface area contributed by atoms with E-state index < -0.39 is 11.9 Å². The molecule has 9 heteroatoms. The molecule has 0 aromatic heterocycles. The van der Waals surface area contributed by atoms with Crippen LogP contribution in [-0.4, -0.2) is 50.3 Å². The van der Waals surface area contributed by atoms with E-state index in [-0.39, 0.29) is 18.9 Å². The number of esters is 1. The largest absolute Gasteiger partial charge is 0.493 e. The summed E-state index contributed by atoms with van der Waals surface area (Å²) in [7, 11) is 1.56. The van der Waals surface area contributed by atoms with Gasteiger partial charge in [0.05, 0.1) is 17.6 Å². The van der Waals surface area contributed by atoms with Crippen LogP contribution in [0.5, 0.6) is 23.0 Å². The van der Waals surface area contributed by atoms with Crippen LogP contribution < -0.4 is 23.8 Å². The number of thioether (sulfide) groups is 2. The summed E-state index contributed by atoms with van der Waals surface area (Å²) < 4.78 is 22.7. The maximum Gasteiger partial charge on any atom is 0.316 e. The lowest BCUT2D eigenvalue weighted by molar-refractivity contribution is -0.139. The van der Waals surface area contributed by atoms with Crippen molar-refractivity contribution >= 4 is 41.1 Å². The van der Waals surface area contributed by atoms with Crippen LogP contribution in [0, 0.1) is 5.92 Å². The molecule has 0 aliphatic carbocycles. The topological polar surface area (TPSA) is 74.3 Å². The van der Waals surface area contributed by atoms with E-state index in [9.17, 15) is 9.59 Å². The van der Waals surface area contributed by atoms with Crippen LogP contribution in [0.3, 0.4) is 0 Å². The number of rotatable bonds is 5. The lowest BCUT2D eigenvalue weighted by Crippen LogP contribution is -2.27. The molecule has 0 bridgehead atoms. The minimum absolute atomic E-state index is 0.100. The van der Waals surface area contributed by atoms with E-state index in [1.807, 2.05) is 35.7 Å². The zero-order valence-corrected chi connectivity index (χ0v) is 19.2. The quantitative estimate of drug-likeness (QED) is 0.478. The Morgan fingerprint density at radius 2 is 1.81 bits per heavy atom. The van der Waals surface area contributed by atoms with Gasteiger partial charge in [0.25, 0.3) is 0 Å². The molecule has 1 atom stereocenters. The molecule has 3 heterocycles. The highest BCUT2D eigenvalue weighted by Gasteiger charge is 2.37. The zero-order chi connectivity index (χ0) is 22.1. The van der Waals surface area contributed by atoms with Crippen molar-refractivity contribution in [2.24, 2.45) is 5.92 Å². The van der Waals surface area contributed by atoms with Gasteiger partial charge in [0.1, 0.15) is 13.2 Å². The van der Waals surface area contributed by atoms with Gasteiger partial charge in [-0.05, 0) is 29.8 Å². The zero-order valence-electron chi connectivity index (χ0n) is 17.6. The van der Waals surface area contributed by atoms with Gasteiger partial charge in [-0.3, -0.25) is 9.59 Å². The molecule has 0 saturated carbocycles. The number of fused-ring (bicyclic) bond motifs is 1. The van der Waals surface area contributed by atoms with Crippen LogP contribution in [0.2, 0.25) is 0 Å². The first kappa shape index (κ1) is 21.3. The minimum Gasteiger partial charge on any atom is -0.493 e. The number of hydrogen-bond donors (Lipinski definition) is 0. The summed E-state index contributed by atoms with van der Waals surface area (Å²) in [6.07, 6.45) is 0.100. The second kappa shape index (κ2) is 9.15. The molecule has 3 aliphatic heterocycles. The predicted molar refractivity (Wildman–Crippen MR) is 124 cm³/mol. The molecule has 2 saturated heterocycles. The van der Waals surface area contributed by atoms with Crippen LogP contribution in [0.15, 0.2) is 36.4 Å². The van der Waals surface area contributed by atoms with Crippen LogP contribution >= 0.6 is 23.5 Å². The van der Waals surface area contributed by atoms with Crippen LogP contribution in [0.25, 0.3) is 0 Å². The van der Waals surface area contributed by atoms with Crippen molar-refractivity contribution < 1.29 is 28.5 Å². The van der Waals surface area contributed by atoms with Crippen molar-refractivity contribution in [1.29, 1.82) is 0 Å². The fraction of sp³-hybridized carbons (Fsp3) is 0.391. The van der Waals surface area contributed by atoms with E-state index in [0.717, 1.165) is 17.1 Å². The smallest absolute Gasteiger partial charge is 0.316 e.